The number of ether oxygens (including phenoxy) is 3. The lowest BCUT2D eigenvalue weighted by Gasteiger charge is -2.30. The molecule has 4 rings (SSSR count). The van der Waals surface area contributed by atoms with Crippen molar-refractivity contribution in [3.8, 4) is 28.0 Å². The topological polar surface area (TPSA) is 27.7 Å². The molecule has 0 bridgehead atoms. The molecule has 0 spiro atoms. The summed E-state index contributed by atoms with van der Waals surface area (Å²) in [5, 5.41) is 0. The van der Waals surface area contributed by atoms with Gasteiger partial charge in [-0.2, -0.15) is 4.39 Å². The van der Waals surface area contributed by atoms with E-state index in [2.05, 4.69) is 6.92 Å². The van der Waals surface area contributed by atoms with Gasteiger partial charge in [-0.05, 0) is 48.6 Å². The number of benzene rings is 3. The van der Waals surface area contributed by atoms with Crippen molar-refractivity contribution in [2.75, 3.05) is 19.8 Å². The molecule has 0 N–H and O–H groups in total. The van der Waals surface area contributed by atoms with Crippen molar-refractivity contribution in [2.24, 2.45) is 0 Å². The van der Waals surface area contributed by atoms with Crippen LogP contribution in [0.2, 0.25) is 0 Å². The van der Waals surface area contributed by atoms with Gasteiger partial charge in [0.05, 0.1) is 19.8 Å². The Bertz CT molecular complexity index is 1330. The van der Waals surface area contributed by atoms with Crippen molar-refractivity contribution in [3.63, 3.8) is 0 Å². The van der Waals surface area contributed by atoms with Crippen LogP contribution in [-0.4, -0.2) is 26.1 Å². The molecule has 7 heteroatoms. The Balaban J connectivity index is 1.37. The van der Waals surface area contributed by atoms with Gasteiger partial charge < -0.3 is 14.2 Å². The summed E-state index contributed by atoms with van der Waals surface area (Å²) in [5.41, 5.74) is 1.18. The molecule has 3 nitrogen and oxygen atoms in total. The minimum atomic E-state index is -1.03. The highest BCUT2D eigenvalue weighted by Crippen LogP contribution is 2.35. The predicted molar refractivity (Wildman–Crippen MR) is 163 cm³/mol. The number of hydrogen-bond donors (Lipinski definition) is 0. The number of halogens is 4. The van der Waals surface area contributed by atoms with Crippen LogP contribution in [0.15, 0.2) is 60.7 Å². The minimum Gasteiger partial charge on any atom is -0.490 e. The zero-order valence-corrected chi connectivity index (χ0v) is 25.2. The largest absolute Gasteiger partial charge is 0.490 e. The Morgan fingerprint density at radius 2 is 1.30 bits per heavy atom. The Morgan fingerprint density at radius 1 is 0.721 bits per heavy atom. The van der Waals surface area contributed by atoms with Crippen molar-refractivity contribution in [1.29, 1.82) is 0 Å². The maximum Gasteiger partial charge on any atom is 0.201 e. The molecule has 0 unspecified atom stereocenters. The lowest BCUT2D eigenvalue weighted by molar-refractivity contribution is -0.189. The van der Waals surface area contributed by atoms with Crippen molar-refractivity contribution in [3.05, 3.63) is 89.5 Å². The van der Waals surface area contributed by atoms with Gasteiger partial charge in [0, 0.05) is 23.5 Å². The van der Waals surface area contributed by atoms with Gasteiger partial charge >= 0.3 is 0 Å². The van der Waals surface area contributed by atoms with Crippen molar-refractivity contribution in [2.45, 2.75) is 83.8 Å². The average Bonchev–Trinajstić information content (AvgIpc) is 3.02. The van der Waals surface area contributed by atoms with Gasteiger partial charge in [-0.25, -0.2) is 13.2 Å². The van der Waals surface area contributed by atoms with Crippen LogP contribution in [-0.2, 0) is 9.47 Å². The highest BCUT2D eigenvalue weighted by molar-refractivity contribution is 5.72. The lowest BCUT2D eigenvalue weighted by Crippen LogP contribution is -2.31. The average molecular weight is 599 g/mol. The molecule has 3 aromatic carbocycles. The maximum atomic E-state index is 15.2. The Hall–Kier alpha value is -3.16. The fraction of sp³-hybridized carbons (Fsp3) is 0.444. The molecule has 0 saturated carbocycles. The van der Waals surface area contributed by atoms with E-state index in [1.807, 2.05) is 19.1 Å². The maximum absolute atomic E-state index is 15.2. The summed E-state index contributed by atoms with van der Waals surface area (Å²) in [7, 11) is 0. The standard InChI is InChI=1S/C36H42F4O3/c1-3-5-7-8-9-10-12-22-41-31-21-20-29(35(39)36(31)40)26-16-14-25(15-17-26)28-18-19-30(34(38)33(28)37)27-23-42-32(43-24-27)13-11-6-4-2/h4,6,14-21,27,32H,3,5,7-13,22-24H2,1-2H3/b6-4+. The monoisotopic (exact) mass is 598 g/mol. The van der Waals surface area contributed by atoms with Gasteiger partial charge in [-0.15, -0.1) is 0 Å². The molecule has 1 saturated heterocycles. The first-order chi connectivity index (χ1) is 20.9. The van der Waals surface area contributed by atoms with E-state index in [-0.39, 0.29) is 41.9 Å². The molecular formula is C36H42F4O3. The number of hydrogen-bond acceptors (Lipinski definition) is 3. The summed E-state index contributed by atoms with van der Waals surface area (Å²) in [6.07, 6.45) is 12.9. The summed E-state index contributed by atoms with van der Waals surface area (Å²) in [5.74, 6) is -4.48. The minimum absolute atomic E-state index is 0.0654. The van der Waals surface area contributed by atoms with E-state index in [4.69, 9.17) is 14.2 Å². The van der Waals surface area contributed by atoms with E-state index in [1.165, 1.54) is 43.9 Å². The molecule has 232 valence electrons. The summed E-state index contributed by atoms with van der Waals surface area (Å²) in [6, 6.07) is 12.2. The second-order valence-electron chi connectivity index (χ2n) is 11.1. The van der Waals surface area contributed by atoms with Crippen molar-refractivity contribution >= 4 is 0 Å². The van der Waals surface area contributed by atoms with Gasteiger partial charge in [0.1, 0.15) is 0 Å². The SMILES string of the molecule is C/C=C/CCC1OCC(c2ccc(-c3ccc(-c4ccc(OCCCCCCCCC)c(F)c4F)cc3)c(F)c2F)CO1. The molecule has 0 atom stereocenters. The van der Waals surface area contributed by atoms with E-state index in [0.717, 1.165) is 25.7 Å². The summed E-state index contributed by atoms with van der Waals surface area (Å²) in [6.45, 7) is 4.95. The predicted octanol–water partition coefficient (Wildman–Crippen LogP) is 10.5. The number of allylic oxidation sites excluding steroid dienone is 2. The molecule has 0 aromatic heterocycles. The smallest absolute Gasteiger partial charge is 0.201 e. The van der Waals surface area contributed by atoms with E-state index in [0.29, 0.717) is 24.2 Å². The van der Waals surface area contributed by atoms with Crippen LogP contribution < -0.4 is 4.74 Å². The fourth-order valence-corrected chi connectivity index (χ4v) is 5.33. The highest BCUT2D eigenvalue weighted by Gasteiger charge is 2.27. The van der Waals surface area contributed by atoms with Crippen LogP contribution in [0.3, 0.4) is 0 Å². The molecule has 3 aromatic rings. The van der Waals surface area contributed by atoms with Crippen LogP contribution in [0.25, 0.3) is 22.3 Å². The van der Waals surface area contributed by atoms with Crippen LogP contribution in [0.1, 0.15) is 83.1 Å². The Kier molecular flexibility index (Phi) is 12.7. The van der Waals surface area contributed by atoms with Crippen LogP contribution in [0.5, 0.6) is 5.75 Å². The molecule has 1 aliphatic heterocycles. The lowest BCUT2D eigenvalue weighted by atomic mass is 9.94. The van der Waals surface area contributed by atoms with E-state index < -0.39 is 29.2 Å². The molecule has 0 aliphatic carbocycles. The summed E-state index contributed by atoms with van der Waals surface area (Å²) in [4.78, 5) is 0. The second-order valence-corrected chi connectivity index (χ2v) is 11.1. The summed E-state index contributed by atoms with van der Waals surface area (Å²) < 4.78 is 77.0. The zero-order chi connectivity index (χ0) is 30.6. The normalized spacial score (nSPS) is 17.1. The van der Waals surface area contributed by atoms with Crippen molar-refractivity contribution < 1.29 is 31.8 Å². The van der Waals surface area contributed by atoms with Gasteiger partial charge in [0.25, 0.3) is 0 Å². The molecule has 1 aliphatic rings. The molecule has 1 heterocycles. The zero-order valence-electron chi connectivity index (χ0n) is 25.2. The van der Waals surface area contributed by atoms with Gasteiger partial charge in [-0.3, -0.25) is 0 Å². The second kappa shape index (κ2) is 16.6. The Morgan fingerprint density at radius 3 is 1.93 bits per heavy atom. The molecule has 43 heavy (non-hydrogen) atoms. The Labute approximate surface area is 252 Å². The number of rotatable bonds is 15. The third kappa shape index (κ3) is 8.70. The third-order valence-electron chi connectivity index (χ3n) is 7.88. The van der Waals surface area contributed by atoms with Gasteiger partial charge in [-0.1, -0.05) is 94.0 Å². The summed E-state index contributed by atoms with van der Waals surface area (Å²) >= 11 is 0. The molecule has 0 amide bonds. The molecule has 1 fully saturated rings. The van der Waals surface area contributed by atoms with E-state index in [9.17, 15) is 8.78 Å². The van der Waals surface area contributed by atoms with Gasteiger partial charge in [0.2, 0.25) is 5.82 Å². The third-order valence-corrected chi connectivity index (χ3v) is 7.88. The quantitative estimate of drug-likeness (QED) is 0.0990. The van der Waals surface area contributed by atoms with Crippen molar-refractivity contribution in [1.82, 2.24) is 0 Å². The number of unbranched alkanes of at least 4 members (excludes halogenated alkanes) is 6. The van der Waals surface area contributed by atoms with Gasteiger partial charge in [0.15, 0.2) is 29.5 Å². The molecular weight excluding hydrogens is 556 g/mol. The van der Waals surface area contributed by atoms with Crippen LogP contribution in [0, 0.1) is 23.3 Å². The van der Waals surface area contributed by atoms with Crippen LogP contribution >= 0.6 is 0 Å². The van der Waals surface area contributed by atoms with E-state index >= 15 is 8.78 Å². The first-order valence-corrected chi connectivity index (χ1v) is 15.5. The van der Waals surface area contributed by atoms with Crippen LogP contribution in [0.4, 0.5) is 17.6 Å². The molecule has 0 radical (unpaired) electrons. The first kappa shape index (κ1) is 32.7. The first-order valence-electron chi connectivity index (χ1n) is 15.5. The van der Waals surface area contributed by atoms with E-state index in [1.54, 1.807) is 30.3 Å². The highest BCUT2D eigenvalue weighted by atomic mass is 19.2. The fourth-order valence-electron chi connectivity index (χ4n) is 5.33.